The largest absolute Gasteiger partial charge is 0.436 e. The highest BCUT2D eigenvalue weighted by atomic mass is 19.4. The van der Waals surface area contributed by atoms with Crippen LogP contribution in [0.15, 0.2) is 60.9 Å². The van der Waals surface area contributed by atoms with E-state index >= 15 is 0 Å². The summed E-state index contributed by atoms with van der Waals surface area (Å²) in [5.74, 6) is 1.07. The first-order valence-electron chi connectivity index (χ1n) is 10.7. The van der Waals surface area contributed by atoms with Crippen molar-refractivity contribution >= 4 is 11.7 Å². The number of halogens is 3. The lowest BCUT2D eigenvalue weighted by Crippen LogP contribution is -2.30. The Kier molecular flexibility index (Phi) is 6.76. The summed E-state index contributed by atoms with van der Waals surface area (Å²) in [5.41, 5.74) is -0.448. The average Bonchev–Trinajstić information content (AvgIpc) is 2.83. The summed E-state index contributed by atoms with van der Waals surface area (Å²) in [5, 5.41) is 2.54. The van der Waals surface area contributed by atoms with Gasteiger partial charge in [0.25, 0.3) is 11.8 Å². The van der Waals surface area contributed by atoms with Crippen LogP contribution in [-0.2, 0) is 12.7 Å². The van der Waals surface area contributed by atoms with Crippen LogP contribution in [0.3, 0.4) is 0 Å². The number of hydrogen-bond acceptors (Lipinski definition) is 5. The summed E-state index contributed by atoms with van der Waals surface area (Å²) >= 11 is 0. The smallest absolute Gasteiger partial charge is 0.416 e. The van der Waals surface area contributed by atoms with Crippen LogP contribution in [0.1, 0.15) is 40.7 Å². The summed E-state index contributed by atoms with van der Waals surface area (Å²) < 4.78 is 45.3. The number of carbonyl (C=O) groups excluding carboxylic acids is 1. The maximum Gasteiger partial charge on any atom is 0.416 e. The molecule has 0 unspecified atom stereocenters. The molecule has 1 saturated heterocycles. The van der Waals surface area contributed by atoms with E-state index in [4.69, 9.17) is 4.74 Å². The molecule has 1 fully saturated rings. The number of rotatable bonds is 6. The van der Waals surface area contributed by atoms with Gasteiger partial charge in [0.2, 0.25) is 0 Å². The van der Waals surface area contributed by atoms with E-state index in [2.05, 4.69) is 20.2 Å². The quantitative estimate of drug-likeness (QED) is 0.552. The molecule has 1 aliphatic heterocycles. The third kappa shape index (κ3) is 5.60. The van der Waals surface area contributed by atoms with E-state index in [1.165, 1.54) is 24.6 Å². The van der Waals surface area contributed by atoms with Crippen molar-refractivity contribution in [2.45, 2.75) is 32.0 Å². The Morgan fingerprint density at radius 2 is 1.67 bits per heavy atom. The number of amides is 1. The van der Waals surface area contributed by atoms with Crippen LogP contribution >= 0.6 is 0 Å². The first kappa shape index (κ1) is 22.6. The predicted octanol–water partition coefficient (Wildman–Crippen LogP) is 5.21. The molecule has 0 bridgehead atoms. The second kappa shape index (κ2) is 9.89. The van der Waals surface area contributed by atoms with E-state index < -0.39 is 17.6 Å². The summed E-state index contributed by atoms with van der Waals surface area (Å²) in [4.78, 5) is 23.3. The standard InChI is InChI=1S/C24H23F3N4O2/c25-24(26,27)20-7-3-2-6-18(20)16-30-22(32)17-8-10-19(11-9-17)33-23-21(28-12-13-29-23)31-14-4-1-5-15-31/h2-3,6-13H,1,4-5,14-16H2,(H,30,32). The molecule has 0 saturated carbocycles. The first-order valence-corrected chi connectivity index (χ1v) is 10.7. The van der Waals surface area contributed by atoms with E-state index in [-0.39, 0.29) is 12.1 Å². The molecule has 0 aliphatic carbocycles. The lowest BCUT2D eigenvalue weighted by molar-refractivity contribution is -0.138. The number of nitrogens with zero attached hydrogens (tertiary/aromatic N) is 3. The average molecular weight is 456 g/mol. The van der Waals surface area contributed by atoms with Gasteiger partial charge < -0.3 is 15.0 Å². The number of carbonyl (C=O) groups is 1. The van der Waals surface area contributed by atoms with Crippen LogP contribution in [0.2, 0.25) is 0 Å². The van der Waals surface area contributed by atoms with Crippen molar-refractivity contribution in [3.8, 4) is 11.6 Å². The molecule has 6 nitrogen and oxygen atoms in total. The lowest BCUT2D eigenvalue weighted by atomic mass is 10.1. The monoisotopic (exact) mass is 456 g/mol. The van der Waals surface area contributed by atoms with Crippen LogP contribution in [0.5, 0.6) is 11.6 Å². The molecule has 4 rings (SSSR count). The predicted molar refractivity (Wildman–Crippen MR) is 117 cm³/mol. The Balaban J connectivity index is 1.41. The van der Waals surface area contributed by atoms with Gasteiger partial charge in [0.15, 0.2) is 5.82 Å². The van der Waals surface area contributed by atoms with Gasteiger partial charge in [0.05, 0.1) is 5.56 Å². The normalized spacial score (nSPS) is 14.1. The molecule has 1 aliphatic rings. The number of alkyl halides is 3. The van der Waals surface area contributed by atoms with Gasteiger partial charge in [-0.05, 0) is 55.2 Å². The molecule has 2 aromatic carbocycles. The topological polar surface area (TPSA) is 67.3 Å². The Hall–Kier alpha value is -3.62. The van der Waals surface area contributed by atoms with Crippen molar-refractivity contribution < 1.29 is 22.7 Å². The summed E-state index contributed by atoms with van der Waals surface area (Å²) in [7, 11) is 0. The molecule has 0 spiro atoms. The number of hydrogen-bond donors (Lipinski definition) is 1. The molecular weight excluding hydrogens is 433 g/mol. The van der Waals surface area contributed by atoms with Gasteiger partial charge >= 0.3 is 6.18 Å². The molecular formula is C24H23F3N4O2. The minimum absolute atomic E-state index is 0.00574. The van der Waals surface area contributed by atoms with Crippen LogP contribution in [0.25, 0.3) is 0 Å². The molecule has 1 aromatic heterocycles. The number of anilines is 1. The van der Waals surface area contributed by atoms with Gasteiger partial charge in [-0.25, -0.2) is 9.97 Å². The first-order chi connectivity index (χ1) is 15.9. The van der Waals surface area contributed by atoms with Crippen molar-refractivity contribution in [3.05, 3.63) is 77.6 Å². The molecule has 2 heterocycles. The van der Waals surface area contributed by atoms with Gasteiger partial charge in [-0.2, -0.15) is 13.2 Å². The lowest BCUT2D eigenvalue weighted by Gasteiger charge is -2.28. The van der Waals surface area contributed by atoms with Crippen LogP contribution in [-0.4, -0.2) is 29.0 Å². The molecule has 0 radical (unpaired) electrons. The van der Waals surface area contributed by atoms with Crippen molar-refractivity contribution in [2.75, 3.05) is 18.0 Å². The summed E-state index contributed by atoms with van der Waals surface area (Å²) in [6, 6.07) is 11.5. The fourth-order valence-corrected chi connectivity index (χ4v) is 3.73. The van der Waals surface area contributed by atoms with E-state index in [1.54, 1.807) is 36.7 Å². The molecule has 33 heavy (non-hydrogen) atoms. The fourth-order valence-electron chi connectivity index (χ4n) is 3.73. The van der Waals surface area contributed by atoms with E-state index in [9.17, 15) is 18.0 Å². The zero-order valence-electron chi connectivity index (χ0n) is 17.8. The summed E-state index contributed by atoms with van der Waals surface area (Å²) in [6.45, 7) is 1.56. The SMILES string of the molecule is O=C(NCc1ccccc1C(F)(F)F)c1ccc(Oc2nccnc2N2CCCCC2)cc1. The zero-order chi connectivity index (χ0) is 23.3. The highest BCUT2D eigenvalue weighted by molar-refractivity contribution is 5.94. The number of aromatic nitrogens is 2. The number of piperidine rings is 1. The van der Waals surface area contributed by atoms with Crippen LogP contribution in [0, 0.1) is 0 Å². The van der Waals surface area contributed by atoms with Gasteiger partial charge in [0, 0.05) is 37.6 Å². The third-order valence-electron chi connectivity index (χ3n) is 5.40. The summed E-state index contributed by atoms with van der Waals surface area (Å²) in [6.07, 6.45) is 2.08. The number of ether oxygens (including phenoxy) is 1. The number of benzene rings is 2. The van der Waals surface area contributed by atoms with Crippen molar-refractivity contribution in [2.24, 2.45) is 0 Å². The number of nitrogens with one attached hydrogen (secondary N) is 1. The van der Waals surface area contributed by atoms with Gasteiger partial charge in [0.1, 0.15) is 5.75 Å². The van der Waals surface area contributed by atoms with E-state index in [0.29, 0.717) is 23.0 Å². The zero-order valence-corrected chi connectivity index (χ0v) is 17.8. The van der Waals surface area contributed by atoms with Crippen molar-refractivity contribution in [1.29, 1.82) is 0 Å². The Morgan fingerprint density at radius 1 is 0.970 bits per heavy atom. The highest BCUT2D eigenvalue weighted by Gasteiger charge is 2.32. The van der Waals surface area contributed by atoms with Crippen molar-refractivity contribution in [1.82, 2.24) is 15.3 Å². The maximum absolute atomic E-state index is 13.1. The second-order valence-corrected chi connectivity index (χ2v) is 7.70. The molecule has 1 amide bonds. The molecule has 9 heteroatoms. The molecule has 0 atom stereocenters. The Labute approximate surface area is 189 Å². The van der Waals surface area contributed by atoms with Crippen molar-refractivity contribution in [3.63, 3.8) is 0 Å². The maximum atomic E-state index is 13.1. The minimum Gasteiger partial charge on any atom is -0.436 e. The Bertz CT molecular complexity index is 1100. The van der Waals surface area contributed by atoms with Crippen LogP contribution in [0.4, 0.5) is 19.0 Å². The molecule has 172 valence electrons. The van der Waals surface area contributed by atoms with Gasteiger partial charge in [-0.3, -0.25) is 4.79 Å². The van der Waals surface area contributed by atoms with E-state index in [0.717, 1.165) is 32.0 Å². The third-order valence-corrected chi connectivity index (χ3v) is 5.40. The molecule has 1 N–H and O–H groups in total. The Morgan fingerprint density at radius 3 is 2.39 bits per heavy atom. The van der Waals surface area contributed by atoms with E-state index in [1.807, 2.05) is 0 Å². The minimum atomic E-state index is -4.48. The van der Waals surface area contributed by atoms with Gasteiger partial charge in [-0.15, -0.1) is 0 Å². The fraction of sp³-hybridized carbons (Fsp3) is 0.292. The highest BCUT2D eigenvalue weighted by Crippen LogP contribution is 2.32. The van der Waals surface area contributed by atoms with Crippen LogP contribution < -0.4 is 15.0 Å². The molecule has 3 aromatic rings. The van der Waals surface area contributed by atoms with Gasteiger partial charge in [-0.1, -0.05) is 18.2 Å². The second-order valence-electron chi connectivity index (χ2n) is 7.70.